The molecular formula is C14H19F3N2O2. The molecule has 0 aromatic heterocycles. The molecule has 0 saturated carbocycles. The molecule has 2 N–H and O–H groups in total. The van der Waals surface area contributed by atoms with Gasteiger partial charge in [0.2, 0.25) is 0 Å². The topological polar surface area (TPSA) is 55.6 Å². The van der Waals surface area contributed by atoms with E-state index >= 15 is 0 Å². The number of nitrogens with zero attached hydrogens (tertiary/aromatic N) is 1. The molecule has 21 heavy (non-hydrogen) atoms. The molecule has 0 bridgehead atoms. The van der Waals surface area contributed by atoms with Crippen molar-refractivity contribution in [3.63, 3.8) is 0 Å². The third kappa shape index (κ3) is 5.17. The van der Waals surface area contributed by atoms with Crippen molar-refractivity contribution in [2.75, 3.05) is 18.8 Å². The van der Waals surface area contributed by atoms with E-state index in [1.807, 2.05) is 13.8 Å². The molecule has 0 atom stereocenters. The first-order chi connectivity index (χ1) is 9.78. The molecule has 0 spiro atoms. The zero-order valence-electron chi connectivity index (χ0n) is 12.0. The van der Waals surface area contributed by atoms with Crippen molar-refractivity contribution in [1.82, 2.24) is 4.90 Å². The number of benzene rings is 1. The van der Waals surface area contributed by atoms with Gasteiger partial charge in [0.05, 0.1) is 5.69 Å². The smallest absolute Gasteiger partial charge is 0.404 e. The Morgan fingerprint density at radius 2 is 1.81 bits per heavy atom. The van der Waals surface area contributed by atoms with Gasteiger partial charge in [-0.05, 0) is 31.0 Å². The van der Waals surface area contributed by atoms with E-state index in [-0.39, 0.29) is 17.2 Å². The minimum Gasteiger partial charge on any atom is -0.404 e. The van der Waals surface area contributed by atoms with Crippen molar-refractivity contribution in [3.8, 4) is 5.75 Å². The Morgan fingerprint density at radius 1 is 1.24 bits per heavy atom. The number of amides is 1. The van der Waals surface area contributed by atoms with E-state index in [0.717, 1.165) is 18.9 Å². The van der Waals surface area contributed by atoms with Gasteiger partial charge in [-0.3, -0.25) is 4.79 Å². The molecule has 0 radical (unpaired) electrons. The Hall–Kier alpha value is -1.92. The highest BCUT2D eigenvalue weighted by Crippen LogP contribution is 2.29. The summed E-state index contributed by atoms with van der Waals surface area (Å²) >= 11 is 0. The molecule has 0 saturated heterocycles. The van der Waals surface area contributed by atoms with Gasteiger partial charge in [0, 0.05) is 18.7 Å². The lowest BCUT2D eigenvalue weighted by atomic mass is 10.1. The van der Waals surface area contributed by atoms with Crippen LogP contribution in [0.3, 0.4) is 0 Å². The van der Waals surface area contributed by atoms with Crippen LogP contribution in [0.2, 0.25) is 0 Å². The predicted octanol–water partition coefficient (Wildman–Crippen LogP) is 3.43. The highest BCUT2D eigenvalue weighted by atomic mass is 19.4. The first kappa shape index (κ1) is 17.1. The number of nitrogen functional groups attached to an aromatic ring is 1. The first-order valence-electron chi connectivity index (χ1n) is 6.73. The lowest BCUT2D eigenvalue weighted by molar-refractivity contribution is -0.274. The Labute approximate surface area is 121 Å². The van der Waals surface area contributed by atoms with E-state index in [0.29, 0.717) is 13.1 Å². The minimum atomic E-state index is -4.81. The summed E-state index contributed by atoms with van der Waals surface area (Å²) in [5, 5.41) is 0. The van der Waals surface area contributed by atoms with E-state index in [4.69, 9.17) is 5.73 Å². The van der Waals surface area contributed by atoms with Crippen molar-refractivity contribution >= 4 is 11.6 Å². The highest BCUT2D eigenvalue weighted by Gasteiger charge is 2.32. The van der Waals surface area contributed by atoms with Gasteiger partial charge in [-0.25, -0.2) is 0 Å². The van der Waals surface area contributed by atoms with Crippen LogP contribution in [0.5, 0.6) is 5.75 Å². The number of rotatable bonds is 6. The molecule has 0 fully saturated rings. The fourth-order valence-corrected chi connectivity index (χ4v) is 1.94. The standard InChI is InChI=1S/C14H19F3N2O2/c1-3-7-19(8-4-2)13(20)10-5-6-12(11(18)9-10)21-14(15,16)17/h5-6,9H,3-4,7-8,18H2,1-2H3. The number of carbonyl (C=O) groups is 1. The molecule has 0 aliphatic rings. The van der Waals surface area contributed by atoms with Crippen LogP contribution in [0.1, 0.15) is 37.0 Å². The molecule has 7 heteroatoms. The number of ether oxygens (including phenoxy) is 1. The zero-order chi connectivity index (χ0) is 16.0. The van der Waals surface area contributed by atoms with Crippen LogP contribution in [-0.4, -0.2) is 30.3 Å². The molecule has 1 aromatic rings. The normalized spacial score (nSPS) is 11.3. The highest BCUT2D eigenvalue weighted by molar-refractivity contribution is 5.95. The van der Waals surface area contributed by atoms with Crippen molar-refractivity contribution in [2.45, 2.75) is 33.1 Å². The first-order valence-corrected chi connectivity index (χ1v) is 6.73. The number of hydrogen-bond donors (Lipinski definition) is 1. The van der Waals surface area contributed by atoms with Crippen LogP contribution in [0.25, 0.3) is 0 Å². The van der Waals surface area contributed by atoms with Crippen LogP contribution < -0.4 is 10.5 Å². The van der Waals surface area contributed by atoms with Gasteiger partial charge in [0.15, 0.2) is 5.75 Å². The fourth-order valence-electron chi connectivity index (χ4n) is 1.94. The molecule has 1 aromatic carbocycles. The predicted molar refractivity (Wildman–Crippen MR) is 74.0 cm³/mol. The third-order valence-corrected chi connectivity index (χ3v) is 2.76. The Bertz CT molecular complexity index is 484. The van der Waals surface area contributed by atoms with Crippen molar-refractivity contribution < 1.29 is 22.7 Å². The summed E-state index contributed by atoms with van der Waals surface area (Å²) in [6.07, 6.45) is -3.21. The molecule has 4 nitrogen and oxygen atoms in total. The van der Waals surface area contributed by atoms with Crippen LogP contribution in [0, 0.1) is 0 Å². The molecule has 1 rings (SSSR count). The van der Waals surface area contributed by atoms with E-state index in [1.165, 1.54) is 12.1 Å². The number of anilines is 1. The van der Waals surface area contributed by atoms with Gasteiger partial charge >= 0.3 is 6.36 Å². The van der Waals surface area contributed by atoms with E-state index < -0.39 is 12.1 Å². The summed E-state index contributed by atoms with van der Waals surface area (Å²) < 4.78 is 40.2. The molecule has 118 valence electrons. The largest absolute Gasteiger partial charge is 0.573 e. The molecule has 0 unspecified atom stereocenters. The van der Waals surface area contributed by atoms with Crippen LogP contribution >= 0.6 is 0 Å². The quantitative estimate of drug-likeness (QED) is 0.819. The lowest BCUT2D eigenvalue weighted by Crippen LogP contribution is -2.32. The number of alkyl halides is 3. The fraction of sp³-hybridized carbons (Fsp3) is 0.500. The van der Waals surface area contributed by atoms with E-state index in [2.05, 4.69) is 4.74 Å². The van der Waals surface area contributed by atoms with Gasteiger partial charge in [-0.15, -0.1) is 13.2 Å². The summed E-state index contributed by atoms with van der Waals surface area (Å²) in [6.45, 7) is 5.08. The summed E-state index contributed by atoms with van der Waals surface area (Å²) in [5.41, 5.74) is 5.56. The Morgan fingerprint density at radius 3 is 2.24 bits per heavy atom. The third-order valence-electron chi connectivity index (χ3n) is 2.76. The average Bonchev–Trinajstić information content (AvgIpc) is 2.38. The van der Waals surface area contributed by atoms with E-state index in [1.54, 1.807) is 4.90 Å². The maximum absolute atomic E-state index is 12.3. The number of halogens is 3. The molecule has 0 heterocycles. The molecule has 0 aliphatic heterocycles. The van der Waals surface area contributed by atoms with Crippen LogP contribution in [0.4, 0.5) is 18.9 Å². The summed E-state index contributed by atoms with van der Waals surface area (Å²) in [4.78, 5) is 13.9. The Kier molecular flexibility index (Phi) is 5.87. The number of carbonyl (C=O) groups excluding carboxylic acids is 1. The SMILES string of the molecule is CCCN(CCC)C(=O)c1ccc(OC(F)(F)F)c(N)c1. The monoisotopic (exact) mass is 304 g/mol. The second-order valence-corrected chi connectivity index (χ2v) is 4.59. The van der Waals surface area contributed by atoms with Crippen molar-refractivity contribution in [3.05, 3.63) is 23.8 Å². The zero-order valence-corrected chi connectivity index (χ0v) is 12.0. The summed E-state index contributed by atoms with van der Waals surface area (Å²) in [5.74, 6) is -0.749. The number of nitrogens with two attached hydrogens (primary N) is 1. The van der Waals surface area contributed by atoms with Gasteiger partial charge in [-0.1, -0.05) is 13.8 Å². The van der Waals surface area contributed by atoms with Gasteiger partial charge in [0.25, 0.3) is 5.91 Å². The second kappa shape index (κ2) is 7.19. The number of hydrogen-bond acceptors (Lipinski definition) is 3. The minimum absolute atomic E-state index is 0.217. The maximum atomic E-state index is 12.3. The molecular weight excluding hydrogens is 285 g/mol. The van der Waals surface area contributed by atoms with Crippen molar-refractivity contribution in [1.29, 1.82) is 0 Å². The lowest BCUT2D eigenvalue weighted by Gasteiger charge is -2.22. The van der Waals surface area contributed by atoms with Gasteiger partial charge < -0.3 is 15.4 Å². The van der Waals surface area contributed by atoms with Gasteiger partial charge in [-0.2, -0.15) is 0 Å². The van der Waals surface area contributed by atoms with Crippen LogP contribution in [-0.2, 0) is 0 Å². The van der Waals surface area contributed by atoms with Crippen LogP contribution in [0.15, 0.2) is 18.2 Å². The van der Waals surface area contributed by atoms with E-state index in [9.17, 15) is 18.0 Å². The summed E-state index contributed by atoms with van der Waals surface area (Å²) in [6, 6.07) is 3.56. The molecule has 1 amide bonds. The van der Waals surface area contributed by atoms with Gasteiger partial charge in [0.1, 0.15) is 0 Å². The second-order valence-electron chi connectivity index (χ2n) is 4.59. The molecule has 0 aliphatic carbocycles. The Balaban J connectivity index is 2.93. The maximum Gasteiger partial charge on any atom is 0.573 e. The average molecular weight is 304 g/mol. The summed E-state index contributed by atoms with van der Waals surface area (Å²) in [7, 11) is 0. The van der Waals surface area contributed by atoms with Crippen molar-refractivity contribution in [2.24, 2.45) is 0 Å².